The molecule has 0 fully saturated rings. The molecule has 0 aliphatic rings. The van der Waals surface area contributed by atoms with Crippen LogP contribution in [0, 0.1) is 17.1 Å². The monoisotopic (exact) mass is 249 g/mol. The van der Waals surface area contributed by atoms with Crippen molar-refractivity contribution in [2.24, 2.45) is 0 Å². The average molecular weight is 249 g/mol. The van der Waals surface area contributed by atoms with Gasteiger partial charge in [-0.05, 0) is 52.2 Å². The van der Waals surface area contributed by atoms with E-state index in [9.17, 15) is 4.39 Å². The molecule has 0 aromatic heterocycles. The van der Waals surface area contributed by atoms with Crippen LogP contribution in [0.25, 0.3) is 0 Å². The van der Waals surface area contributed by atoms with Crippen LogP contribution in [0.1, 0.15) is 18.9 Å². The number of hydrogen-bond donors (Lipinski definition) is 0. The summed E-state index contributed by atoms with van der Waals surface area (Å²) in [6, 6.07) is 6.63. The molecule has 0 radical (unpaired) electrons. The van der Waals surface area contributed by atoms with Crippen molar-refractivity contribution in [3.63, 3.8) is 0 Å². The number of anilines is 1. The molecular formula is C14H20FN3. The lowest BCUT2D eigenvalue weighted by Crippen LogP contribution is -2.27. The van der Waals surface area contributed by atoms with Crippen LogP contribution in [0.3, 0.4) is 0 Å². The number of rotatable bonds is 6. The zero-order valence-electron chi connectivity index (χ0n) is 11.3. The second-order valence-electron chi connectivity index (χ2n) is 4.51. The van der Waals surface area contributed by atoms with Gasteiger partial charge in [-0.3, -0.25) is 0 Å². The molecule has 1 aromatic rings. The summed E-state index contributed by atoms with van der Waals surface area (Å²) in [6.07, 6.45) is 1.03. The van der Waals surface area contributed by atoms with Crippen molar-refractivity contribution in [1.29, 1.82) is 5.26 Å². The van der Waals surface area contributed by atoms with Crippen LogP contribution in [0.4, 0.5) is 10.1 Å². The molecule has 4 heteroatoms. The Hall–Kier alpha value is -1.60. The molecule has 0 aliphatic carbocycles. The van der Waals surface area contributed by atoms with Crippen molar-refractivity contribution < 1.29 is 4.39 Å². The fraction of sp³-hybridized carbons (Fsp3) is 0.500. The molecule has 18 heavy (non-hydrogen) atoms. The first-order valence-corrected chi connectivity index (χ1v) is 6.17. The highest BCUT2D eigenvalue weighted by Crippen LogP contribution is 2.18. The Bertz CT molecular complexity index is 424. The van der Waals surface area contributed by atoms with Crippen LogP contribution >= 0.6 is 0 Å². The minimum Gasteiger partial charge on any atom is -0.372 e. The van der Waals surface area contributed by atoms with Gasteiger partial charge in [0.15, 0.2) is 0 Å². The first-order valence-electron chi connectivity index (χ1n) is 6.17. The van der Waals surface area contributed by atoms with Gasteiger partial charge in [0.1, 0.15) is 11.9 Å². The smallest absolute Gasteiger partial charge is 0.143 e. The van der Waals surface area contributed by atoms with Gasteiger partial charge in [0, 0.05) is 18.8 Å². The molecule has 0 unspecified atom stereocenters. The fourth-order valence-electron chi connectivity index (χ4n) is 1.84. The van der Waals surface area contributed by atoms with Gasteiger partial charge in [0.25, 0.3) is 0 Å². The molecule has 1 rings (SSSR count). The summed E-state index contributed by atoms with van der Waals surface area (Å²) in [5.74, 6) is -0.443. The Morgan fingerprint density at radius 2 is 2.00 bits per heavy atom. The van der Waals surface area contributed by atoms with Crippen LogP contribution < -0.4 is 4.90 Å². The van der Waals surface area contributed by atoms with Gasteiger partial charge < -0.3 is 9.80 Å². The van der Waals surface area contributed by atoms with Gasteiger partial charge in [-0.2, -0.15) is 5.26 Å². The van der Waals surface area contributed by atoms with Crippen LogP contribution in [-0.4, -0.2) is 38.6 Å². The number of halogens is 1. The lowest BCUT2D eigenvalue weighted by molar-refractivity contribution is 0.400. The van der Waals surface area contributed by atoms with Crippen LogP contribution in [-0.2, 0) is 0 Å². The van der Waals surface area contributed by atoms with E-state index in [2.05, 4.69) is 9.80 Å². The third kappa shape index (κ3) is 4.01. The van der Waals surface area contributed by atoms with E-state index in [0.29, 0.717) is 0 Å². The third-order valence-corrected chi connectivity index (χ3v) is 2.85. The summed E-state index contributed by atoms with van der Waals surface area (Å²) >= 11 is 0. The summed E-state index contributed by atoms with van der Waals surface area (Å²) in [7, 11) is 4.08. The summed E-state index contributed by atoms with van der Waals surface area (Å²) in [5, 5.41) is 8.70. The molecule has 0 aliphatic heterocycles. The van der Waals surface area contributed by atoms with Crippen LogP contribution in [0.2, 0.25) is 0 Å². The second-order valence-corrected chi connectivity index (χ2v) is 4.51. The Morgan fingerprint density at radius 1 is 1.28 bits per heavy atom. The lowest BCUT2D eigenvalue weighted by Gasteiger charge is -2.24. The highest BCUT2D eigenvalue weighted by Gasteiger charge is 2.08. The van der Waals surface area contributed by atoms with E-state index < -0.39 is 5.82 Å². The maximum Gasteiger partial charge on any atom is 0.143 e. The number of nitriles is 1. The maximum atomic E-state index is 13.5. The van der Waals surface area contributed by atoms with Gasteiger partial charge >= 0.3 is 0 Å². The fourth-order valence-corrected chi connectivity index (χ4v) is 1.84. The molecule has 98 valence electrons. The van der Waals surface area contributed by atoms with E-state index in [0.717, 1.165) is 31.7 Å². The summed E-state index contributed by atoms with van der Waals surface area (Å²) < 4.78 is 13.5. The zero-order valence-corrected chi connectivity index (χ0v) is 11.3. The van der Waals surface area contributed by atoms with Crippen LogP contribution in [0.5, 0.6) is 0 Å². The Balaban J connectivity index is 2.70. The van der Waals surface area contributed by atoms with E-state index in [1.165, 1.54) is 6.07 Å². The van der Waals surface area contributed by atoms with E-state index in [1.54, 1.807) is 12.1 Å². The minimum absolute atomic E-state index is 0.100. The lowest BCUT2D eigenvalue weighted by atomic mass is 10.2. The standard InChI is InChI=1S/C14H20FN3/c1-4-18(9-5-8-17(2)3)13-7-6-12(11-16)14(15)10-13/h6-7,10H,4-5,8-9H2,1-3H3. The van der Waals surface area contributed by atoms with E-state index in [4.69, 9.17) is 5.26 Å². The molecule has 1 aromatic carbocycles. The van der Waals surface area contributed by atoms with Gasteiger partial charge in [-0.15, -0.1) is 0 Å². The van der Waals surface area contributed by atoms with Crippen molar-refractivity contribution in [3.8, 4) is 6.07 Å². The first-order chi connectivity index (χ1) is 8.58. The highest BCUT2D eigenvalue weighted by molar-refractivity contribution is 5.50. The van der Waals surface area contributed by atoms with E-state index >= 15 is 0 Å². The quantitative estimate of drug-likeness (QED) is 0.776. The number of benzene rings is 1. The Labute approximate surface area is 108 Å². The Kier molecular flexibility index (Phi) is 5.60. The molecule has 0 atom stereocenters. The van der Waals surface area contributed by atoms with Crippen molar-refractivity contribution in [2.45, 2.75) is 13.3 Å². The summed E-state index contributed by atoms with van der Waals surface area (Å²) in [5.41, 5.74) is 0.941. The first kappa shape index (κ1) is 14.5. The molecule has 0 bridgehead atoms. The van der Waals surface area contributed by atoms with Gasteiger partial charge in [0.2, 0.25) is 0 Å². The second kappa shape index (κ2) is 6.97. The average Bonchev–Trinajstić information content (AvgIpc) is 2.34. The highest BCUT2D eigenvalue weighted by atomic mass is 19.1. The maximum absolute atomic E-state index is 13.5. The molecular weight excluding hydrogens is 229 g/mol. The third-order valence-electron chi connectivity index (χ3n) is 2.85. The predicted molar refractivity (Wildman–Crippen MR) is 72.2 cm³/mol. The SMILES string of the molecule is CCN(CCCN(C)C)c1ccc(C#N)c(F)c1. The Morgan fingerprint density at radius 3 is 2.50 bits per heavy atom. The molecule has 0 spiro atoms. The molecule has 0 saturated carbocycles. The van der Waals surface area contributed by atoms with Gasteiger partial charge in [0.05, 0.1) is 5.56 Å². The minimum atomic E-state index is -0.443. The molecule has 0 amide bonds. The molecule has 0 N–H and O–H groups in total. The van der Waals surface area contributed by atoms with Gasteiger partial charge in [-0.1, -0.05) is 0 Å². The van der Waals surface area contributed by atoms with E-state index in [1.807, 2.05) is 27.1 Å². The predicted octanol–water partition coefficient (Wildman–Crippen LogP) is 2.48. The topological polar surface area (TPSA) is 30.3 Å². The summed E-state index contributed by atoms with van der Waals surface area (Å²) in [4.78, 5) is 4.25. The van der Waals surface area contributed by atoms with Crippen molar-refractivity contribution in [3.05, 3.63) is 29.6 Å². The van der Waals surface area contributed by atoms with Crippen LogP contribution in [0.15, 0.2) is 18.2 Å². The normalized spacial score (nSPS) is 10.4. The van der Waals surface area contributed by atoms with Gasteiger partial charge in [-0.25, -0.2) is 4.39 Å². The number of hydrogen-bond acceptors (Lipinski definition) is 3. The molecule has 3 nitrogen and oxygen atoms in total. The van der Waals surface area contributed by atoms with Crippen molar-refractivity contribution >= 4 is 5.69 Å². The summed E-state index contributed by atoms with van der Waals surface area (Å²) in [6.45, 7) is 4.78. The zero-order chi connectivity index (χ0) is 13.5. The van der Waals surface area contributed by atoms with Crippen molar-refractivity contribution in [2.75, 3.05) is 38.6 Å². The van der Waals surface area contributed by atoms with Crippen molar-refractivity contribution in [1.82, 2.24) is 4.90 Å². The largest absolute Gasteiger partial charge is 0.372 e. The number of nitrogens with zero attached hydrogens (tertiary/aromatic N) is 3. The molecule has 0 saturated heterocycles. The molecule has 0 heterocycles. The van der Waals surface area contributed by atoms with E-state index in [-0.39, 0.29) is 5.56 Å².